The number of carbonyl (C=O) groups is 1. The van der Waals surface area contributed by atoms with Crippen molar-refractivity contribution in [2.24, 2.45) is 0 Å². The van der Waals surface area contributed by atoms with Gasteiger partial charge in [-0.2, -0.15) is 4.31 Å². The zero-order valence-corrected chi connectivity index (χ0v) is 16.5. The van der Waals surface area contributed by atoms with Gasteiger partial charge in [-0.3, -0.25) is 4.79 Å². The Morgan fingerprint density at radius 3 is 2.42 bits per heavy atom. The molecule has 0 radical (unpaired) electrons. The van der Waals surface area contributed by atoms with Gasteiger partial charge in [0.25, 0.3) is 5.91 Å². The Bertz CT molecular complexity index is 955. The van der Waals surface area contributed by atoms with E-state index in [2.05, 4.69) is 5.32 Å². The van der Waals surface area contributed by atoms with E-state index in [4.69, 9.17) is 23.2 Å². The number of amides is 1. The molecular formula is C18H18Cl2N2O3S. The van der Waals surface area contributed by atoms with Crippen molar-refractivity contribution in [2.75, 3.05) is 18.4 Å². The summed E-state index contributed by atoms with van der Waals surface area (Å²) in [5.74, 6) is -0.426. The molecule has 0 bridgehead atoms. The fourth-order valence-electron chi connectivity index (χ4n) is 2.86. The van der Waals surface area contributed by atoms with Gasteiger partial charge in [0, 0.05) is 23.7 Å². The van der Waals surface area contributed by atoms with Crippen LogP contribution in [0, 0.1) is 6.92 Å². The smallest absolute Gasteiger partial charge is 0.256 e. The van der Waals surface area contributed by atoms with E-state index in [0.29, 0.717) is 34.4 Å². The Morgan fingerprint density at radius 2 is 1.77 bits per heavy atom. The molecule has 1 N–H and O–H groups in total. The zero-order valence-electron chi connectivity index (χ0n) is 14.1. The summed E-state index contributed by atoms with van der Waals surface area (Å²) in [5, 5.41) is 3.48. The van der Waals surface area contributed by atoms with Crippen molar-refractivity contribution in [3.8, 4) is 0 Å². The fourth-order valence-corrected chi connectivity index (χ4v) is 4.86. The van der Waals surface area contributed by atoms with Gasteiger partial charge in [0.05, 0.1) is 15.6 Å². The Hall–Kier alpha value is -1.60. The van der Waals surface area contributed by atoms with Crippen molar-refractivity contribution in [3.05, 3.63) is 57.6 Å². The lowest BCUT2D eigenvalue weighted by molar-refractivity contribution is 0.102. The fraction of sp³-hybridized carbons (Fsp3) is 0.278. The number of nitrogens with one attached hydrogen (secondary N) is 1. The molecule has 1 amide bonds. The number of sulfonamides is 1. The van der Waals surface area contributed by atoms with E-state index in [0.717, 1.165) is 12.8 Å². The molecule has 1 aliphatic heterocycles. The van der Waals surface area contributed by atoms with E-state index in [9.17, 15) is 13.2 Å². The first-order chi connectivity index (χ1) is 12.3. The van der Waals surface area contributed by atoms with Gasteiger partial charge >= 0.3 is 0 Å². The van der Waals surface area contributed by atoms with Crippen LogP contribution in [0.5, 0.6) is 0 Å². The van der Waals surface area contributed by atoms with Gasteiger partial charge in [0.1, 0.15) is 0 Å². The highest BCUT2D eigenvalue weighted by molar-refractivity contribution is 7.89. The van der Waals surface area contributed by atoms with E-state index >= 15 is 0 Å². The lowest BCUT2D eigenvalue weighted by atomic mass is 10.1. The minimum atomic E-state index is -3.59. The summed E-state index contributed by atoms with van der Waals surface area (Å²) in [6.07, 6.45) is 1.71. The molecule has 5 nitrogen and oxygen atoms in total. The molecule has 0 saturated carbocycles. The monoisotopic (exact) mass is 412 g/mol. The first-order valence-electron chi connectivity index (χ1n) is 8.16. The third-order valence-electron chi connectivity index (χ3n) is 4.34. The van der Waals surface area contributed by atoms with Gasteiger partial charge < -0.3 is 5.32 Å². The standard InChI is InChI=1S/C18H18Cl2N2O3S/c1-12-4-6-14(26(24,25)22-8-2-3-9-22)11-15(12)18(23)21-17-7-5-13(19)10-16(17)20/h4-7,10-11H,2-3,8-9H2,1H3,(H,21,23). The quantitative estimate of drug-likeness (QED) is 0.811. The molecule has 138 valence electrons. The van der Waals surface area contributed by atoms with Crippen LogP contribution in [-0.4, -0.2) is 31.7 Å². The average molecular weight is 413 g/mol. The summed E-state index contributed by atoms with van der Waals surface area (Å²) in [4.78, 5) is 12.8. The number of benzene rings is 2. The third kappa shape index (κ3) is 3.88. The third-order valence-corrected chi connectivity index (χ3v) is 6.78. The Balaban J connectivity index is 1.91. The van der Waals surface area contributed by atoms with Gasteiger partial charge in [-0.15, -0.1) is 0 Å². The van der Waals surface area contributed by atoms with Crippen LogP contribution in [0.4, 0.5) is 5.69 Å². The van der Waals surface area contributed by atoms with Crippen molar-refractivity contribution in [2.45, 2.75) is 24.7 Å². The molecule has 0 unspecified atom stereocenters. The second-order valence-corrected chi connectivity index (χ2v) is 8.95. The molecule has 1 heterocycles. The largest absolute Gasteiger partial charge is 0.321 e. The molecule has 1 saturated heterocycles. The normalized spacial score (nSPS) is 15.2. The van der Waals surface area contributed by atoms with Crippen LogP contribution in [0.3, 0.4) is 0 Å². The van der Waals surface area contributed by atoms with Crippen LogP contribution < -0.4 is 5.32 Å². The van der Waals surface area contributed by atoms with Crippen molar-refractivity contribution in [3.63, 3.8) is 0 Å². The summed E-state index contributed by atoms with van der Waals surface area (Å²) in [7, 11) is -3.59. The van der Waals surface area contributed by atoms with E-state index in [1.165, 1.54) is 22.5 Å². The first-order valence-corrected chi connectivity index (χ1v) is 10.4. The molecule has 1 fully saturated rings. The van der Waals surface area contributed by atoms with Crippen molar-refractivity contribution >= 4 is 44.8 Å². The summed E-state index contributed by atoms with van der Waals surface area (Å²) in [6, 6.07) is 9.34. The first kappa shape index (κ1) is 19.2. The molecule has 0 atom stereocenters. The Kier molecular flexibility index (Phi) is 5.58. The lowest BCUT2D eigenvalue weighted by Gasteiger charge is -2.17. The van der Waals surface area contributed by atoms with Crippen molar-refractivity contribution < 1.29 is 13.2 Å². The lowest BCUT2D eigenvalue weighted by Crippen LogP contribution is -2.28. The molecule has 2 aromatic carbocycles. The Morgan fingerprint density at radius 1 is 1.08 bits per heavy atom. The predicted octanol–water partition coefficient (Wildman–Crippen LogP) is 4.34. The number of anilines is 1. The molecular weight excluding hydrogens is 395 g/mol. The highest BCUT2D eigenvalue weighted by Crippen LogP contribution is 2.27. The number of nitrogens with zero attached hydrogens (tertiary/aromatic N) is 1. The van der Waals surface area contributed by atoms with Gasteiger partial charge in [0.15, 0.2) is 0 Å². The van der Waals surface area contributed by atoms with Gasteiger partial charge in [-0.25, -0.2) is 8.42 Å². The molecule has 26 heavy (non-hydrogen) atoms. The molecule has 0 aromatic heterocycles. The second-order valence-electron chi connectivity index (χ2n) is 6.17. The van der Waals surface area contributed by atoms with Crippen LogP contribution in [0.15, 0.2) is 41.3 Å². The van der Waals surface area contributed by atoms with Crippen LogP contribution in [0.2, 0.25) is 10.0 Å². The number of hydrogen-bond acceptors (Lipinski definition) is 3. The van der Waals surface area contributed by atoms with E-state index in [1.807, 2.05) is 0 Å². The number of carbonyl (C=O) groups excluding carboxylic acids is 1. The molecule has 8 heteroatoms. The second kappa shape index (κ2) is 7.56. The highest BCUT2D eigenvalue weighted by atomic mass is 35.5. The zero-order chi connectivity index (χ0) is 18.9. The van der Waals surface area contributed by atoms with Crippen molar-refractivity contribution in [1.29, 1.82) is 0 Å². The van der Waals surface area contributed by atoms with E-state index in [1.54, 1.807) is 25.1 Å². The molecule has 0 spiro atoms. The van der Waals surface area contributed by atoms with E-state index < -0.39 is 15.9 Å². The maximum absolute atomic E-state index is 12.7. The van der Waals surface area contributed by atoms with Crippen LogP contribution in [-0.2, 0) is 10.0 Å². The van der Waals surface area contributed by atoms with Crippen LogP contribution in [0.25, 0.3) is 0 Å². The van der Waals surface area contributed by atoms with Crippen LogP contribution >= 0.6 is 23.2 Å². The van der Waals surface area contributed by atoms with Crippen molar-refractivity contribution in [1.82, 2.24) is 4.31 Å². The number of halogens is 2. The van der Waals surface area contributed by atoms with Crippen LogP contribution in [0.1, 0.15) is 28.8 Å². The summed E-state index contributed by atoms with van der Waals surface area (Å²) in [5.41, 5.74) is 1.37. The van der Waals surface area contributed by atoms with E-state index in [-0.39, 0.29) is 10.5 Å². The van der Waals surface area contributed by atoms with Gasteiger partial charge in [-0.1, -0.05) is 29.3 Å². The molecule has 1 aliphatic rings. The topological polar surface area (TPSA) is 66.5 Å². The number of aryl methyl sites for hydroxylation is 1. The summed E-state index contributed by atoms with van der Waals surface area (Å²) in [6.45, 7) is 2.78. The Labute approximate surface area is 163 Å². The minimum absolute atomic E-state index is 0.123. The van der Waals surface area contributed by atoms with Gasteiger partial charge in [-0.05, 0) is 55.7 Å². The molecule has 3 rings (SSSR count). The average Bonchev–Trinajstić information content (AvgIpc) is 3.13. The molecule has 0 aliphatic carbocycles. The maximum Gasteiger partial charge on any atom is 0.256 e. The highest BCUT2D eigenvalue weighted by Gasteiger charge is 2.28. The summed E-state index contributed by atoms with van der Waals surface area (Å²) >= 11 is 11.9. The predicted molar refractivity (Wildman–Crippen MR) is 104 cm³/mol. The number of hydrogen-bond donors (Lipinski definition) is 1. The maximum atomic E-state index is 12.7. The van der Waals surface area contributed by atoms with Gasteiger partial charge in [0.2, 0.25) is 10.0 Å². The molecule has 2 aromatic rings. The SMILES string of the molecule is Cc1ccc(S(=O)(=O)N2CCCC2)cc1C(=O)Nc1ccc(Cl)cc1Cl. The number of rotatable bonds is 4. The summed E-state index contributed by atoms with van der Waals surface area (Å²) < 4.78 is 26.9. The minimum Gasteiger partial charge on any atom is -0.321 e.